The van der Waals surface area contributed by atoms with Gasteiger partial charge in [0.05, 0.1) is 6.61 Å². The Kier molecular flexibility index (Phi) is 5.09. The van der Waals surface area contributed by atoms with Crippen LogP contribution in [0.3, 0.4) is 0 Å². The van der Waals surface area contributed by atoms with E-state index in [-0.39, 0.29) is 12.0 Å². The molecule has 0 bridgehead atoms. The number of hydrogen-bond donors (Lipinski definition) is 2. The quantitative estimate of drug-likeness (QED) is 0.775. The number of carbonyl (C=O) groups is 1. The van der Waals surface area contributed by atoms with Gasteiger partial charge >= 0.3 is 5.97 Å². The molecule has 0 saturated carbocycles. The molecule has 0 saturated heterocycles. The molecule has 1 aromatic carbocycles. The Labute approximate surface area is 114 Å². The first kappa shape index (κ1) is 15.7. The molecule has 0 aliphatic rings. The Morgan fingerprint density at radius 1 is 1.26 bits per heavy atom. The largest absolute Gasteiger partial charge is 0.480 e. The lowest BCUT2D eigenvalue weighted by atomic mass is 9.91. The van der Waals surface area contributed by atoms with Crippen LogP contribution in [0, 0.1) is 5.41 Å². The Bertz CT molecular complexity index is 411. The lowest BCUT2D eigenvalue weighted by Gasteiger charge is -2.26. The Hall–Kier alpha value is -1.39. The number of benzene rings is 1. The molecule has 0 aliphatic carbocycles. The van der Waals surface area contributed by atoms with Crippen LogP contribution in [-0.4, -0.2) is 24.3 Å². The van der Waals surface area contributed by atoms with Crippen LogP contribution in [0.4, 0.5) is 0 Å². The topological polar surface area (TPSA) is 72.5 Å². The van der Waals surface area contributed by atoms with Gasteiger partial charge in [-0.15, -0.1) is 0 Å². The molecule has 0 radical (unpaired) electrons. The summed E-state index contributed by atoms with van der Waals surface area (Å²) >= 11 is 0. The molecule has 0 aliphatic heterocycles. The molecule has 0 fully saturated rings. The molecule has 19 heavy (non-hydrogen) atoms. The molecule has 4 nitrogen and oxygen atoms in total. The van der Waals surface area contributed by atoms with E-state index in [2.05, 4.69) is 20.8 Å². The summed E-state index contributed by atoms with van der Waals surface area (Å²) in [5.74, 6) is -1.07. The van der Waals surface area contributed by atoms with E-state index in [1.54, 1.807) is 24.3 Å². The van der Waals surface area contributed by atoms with Gasteiger partial charge in [0.2, 0.25) is 0 Å². The van der Waals surface area contributed by atoms with Gasteiger partial charge in [0.15, 0.2) is 5.54 Å². The van der Waals surface area contributed by atoms with Crippen molar-refractivity contribution in [1.82, 2.24) is 0 Å². The fourth-order valence-corrected chi connectivity index (χ4v) is 1.62. The van der Waals surface area contributed by atoms with Crippen molar-refractivity contribution in [3.8, 4) is 0 Å². The Morgan fingerprint density at radius 3 is 2.32 bits per heavy atom. The van der Waals surface area contributed by atoms with Crippen LogP contribution in [0.25, 0.3) is 0 Å². The number of aliphatic carboxylic acids is 1. The molecular weight excluding hydrogens is 242 g/mol. The molecule has 106 valence electrons. The highest BCUT2D eigenvalue weighted by Gasteiger charge is 2.36. The van der Waals surface area contributed by atoms with Crippen molar-refractivity contribution in [3.63, 3.8) is 0 Å². The van der Waals surface area contributed by atoms with Crippen molar-refractivity contribution >= 4 is 5.97 Å². The maximum Gasteiger partial charge on any atom is 0.330 e. The van der Waals surface area contributed by atoms with Crippen LogP contribution in [0.15, 0.2) is 30.3 Å². The van der Waals surface area contributed by atoms with Crippen molar-refractivity contribution in [3.05, 3.63) is 35.9 Å². The molecule has 0 amide bonds. The lowest BCUT2D eigenvalue weighted by Crippen LogP contribution is -2.49. The van der Waals surface area contributed by atoms with E-state index in [0.717, 1.165) is 6.42 Å². The van der Waals surface area contributed by atoms with Crippen LogP contribution in [0.2, 0.25) is 0 Å². The summed E-state index contributed by atoms with van der Waals surface area (Å²) in [7, 11) is 0. The second-order valence-corrected chi connectivity index (χ2v) is 6.01. The monoisotopic (exact) mass is 265 g/mol. The molecule has 1 unspecified atom stereocenters. The number of rotatable bonds is 6. The normalized spacial score (nSPS) is 14.9. The SMILES string of the molecule is CC(C)(C)CCOCC(N)(C(=O)O)c1ccccc1. The lowest BCUT2D eigenvalue weighted by molar-refractivity contribution is -0.146. The van der Waals surface area contributed by atoms with Gasteiger partial charge in [-0.3, -0.25) is 0 Å². The second kappa shape index (κ2) is 6.17. The summed E-state index contributed by atoms with van der Waals surface area (Å²) in [6.45, 7) is 6.81. The van der Waals surface area contributed by atoms with E-state index >= 15 is 0 Å². The minimum absolute atomic E-state index is 0.0254. The summed E-state index contributed by atoms with van der Waals surface area (Å²) in [5, 5.41) is 9.34. The highest BCUT2D eigenvalue weighted by molar-refractivity contribution is 5.80. The van der Waals surface area contributed by atoms with E-state index in [1.165, 1.54) is 0 Å². The van der Waals surface area contributed by atoms with Gasteiger partial charge in [-0.05, 0) is 17.4 Å². The number of ether oxygens (including phenoxy) is 1. The standard InChI is InChI=1S/C15H23NO3/c1-14(2,3)9-10-19-11-15(16,13(17)18)12-7-5-4-6-8-12/h4-8H,9-11,16H2,1-3H3,(H,17,18). The highest BCUT2D eigenvalue weighted by Crippen LogP contribution is 2.21. The van der Waals surface area contributed by atoms with Crippen LogP contribution < -0.4 is 5.73 Å². The van der Waals surface area contributed by atoms with Crippen molar-refractivity contribution in [2.45, 2.75) is 32.7 Å². The molecular formula is C15H23NO3. The van der Waals surface area contributed by atoms with Crippen LogP contribution in [-0.2, 0) is 15.1 Å². The first-order valence-corrected chi connectivity index (χ1v) is 6.41. The second-order valence-electron chi connectivity index (χ2n) is 6.01. The van der Waals surface area contributed by atoms with Gasteiger partial charge in [-0.2, -0.15) is 0 Å². The summed E-state index contributed by atoms with van der Waals surface area (Å²) in [4.78, 5) is 11.4. The van der Waals surface area contributed by atoms with E-state index in [9.17, 15) is 9.90 Å². The van der Waals surface area contributed by atoms with Crippen LogP contribution in [0.5, 0.6) is 0 Å². The van der Waals surface area contributed by atoms with E-state index < -0.39 is 11.5 Å². The van der Waals surface area contributed by atoms with Gasteiger partial charge in [0.25, 0.3) is 0 Å². The zero-order valence-corrected chi connectivity index (χ0v) is 11.8. The third-order valence-electron chi connectivity index (χ3n) is 3.00. The molecule has 1 rings (SSSR count). The van der Waals surface area contributed by atoms with Crippen LogP contribution in [0.1, 0.15) is 32.8 Å². The minimum Gasteiger partial charge on any atom is -0.480 e. The number of carboxylic acid groups (broad SMARTS) is 1. The van der Waals surface area contributed by atoms with Gasteiger partial charge < -0.3 is 15.6 Å². The summed E-state index contributed by atoms with van der Waals surface area (Å²) < 4.78 is 5.48. The molecule has 1 aromatic rings. The van der Waals surface area contributed by atoms with Gasteiger partial charge in [0, 0.05) is 6.61 Å². The number of hydrogen-bond acceptors (Lipinski definition) is 3. The summed E-state index contributed by atoms with van der Waals surface area (Å²) in [6.07, 6.45) is 0.859. The zero-order chi connectivity index (χ0) is 14.5. The fraction of sp³-hybridized carbons (Fsp3) is 0.533. The number of carboxylic acids is 1. The molecule has 4 heteroatoms. The molecule has 0 heterocycles. The van der Waals surface area contributed by atoms with E-state index in [4.69, 9.17) is 10.5 Å². The molecule has 0 spiro atoms. The van der Waals surface area contributed by atoms with Crippen molar-refractivity contribution in [1.29, 1.82) is 0 Å². The first-order valence-electron chi connectivity index (χ1n) is 6.41. The smallest absolute Gasteiger partial charge is 0.330 e. The van der Waals surface area contributed by atoms with E-state index in [0.29, 0.717) is 12.2 Å². The Balaban J connectivity index is 2.66. The van der Waals surface area contributed by atoms with Gasteiger partial charge in [-0.25, -0.2) is 4.79 Å². The predicted octanol–water partition coefficient (Wildman–Crippen LogP) is 2.38. The fourth-order valence-electron chi connectivity index (χ4n) is 1.62. The third kappa shape index (κ3) is 4.65. The first-order chi connectivity index (χ1) is 8.76. The predicted molar refractivity (Wildman–Crippen MR) is 74.8 cm³/mol. The summed E-state index contributed by atoms with van der Waals surface area (Å²) in [6, 6.07) is 8.79. The number of nitrogens with two attached hydrogens (primary N) is 1. The summed E-state index contributed by atoms with van der Waals surface area (Å²) in [5.41, 5.74) is 5.21. The van der Waals surface area contributed by atoms with Gasteiger partial charge in [-0.1, -0.05) is 51.1 Å². The maximum atomic E-state index is 11.4. The molecule has 3 N–H and O–H groups in total. The maximum absolute atomic E-state index is 11.4. The molecule has 1 atom stereocenters. The van der Waals surface area contributed by atoms with Crippen molar-refractivity contribution in [2.24, 2.45) is 11.1 Å². The average Bonchev–Trinajstić information content (AvgIpc) is 2.34. The minimum atomic E-state index is -1.49. The molecule has 0 aromatic heterocycles. The third-order valence-corrected chi connectivity index (χ3v) is 3.00. The highest BCUT2D eigenvalue weighted by atomic mass is 16.5. The average molecular weight is 265 g/mol. The van der Waals surface area contributed by atoms with Crippen LogP contribution >= 0.6 is 0 Å². The van der Waals surface area contributed by atoms with Crippen molar-refractivity contribution in [2.75, 3.05) is 13.2 Å². The van der Waals surface area contributed by atoms with Gasteiger partial charge in [0.1, 0.15) is 0 Å². The van der Waals surface area contributed by atoms with Crippen molar-refractivity contribution < 1.29 is 14.6 Å². The van der Waals surface area contributed by atoms with E-state index in [1.807, 2.05) is 6.07 Å². The Morgan fingerprint density at radius 2 is 1.84 bits per heavy atom. The zero-order valence-electron chi connectivity index (χ0n) is 11.8.